The van der Waals surface area contributed by atoms with E-state index in [1.165, 1.54) is 0 Å². The van der Waals surface area contributed by atoms with Crippen LogP contribution in [-0.4, -0.2) is 9.38 Å². The van der Waals surface area contributed by atoms with Crippen molar-refractivity contribution in [2.24, 2.45) is 0 Å². The first-order valence-electron chi connectivity index (χ1n) is 5.55. The minimum atomic E-state index is -0.155. The summed E-state index contributed by atoms with van der Waals surface area (Å²) in [5, 5.41) is 0.686. The maximum absolute atomic E-state index is 12.0. The van der Waals surface area contributed by atoms with E-state index < -0.39 is 0 Å². The first-order valence-corrected chi connectivity index (χ1v) is 5.55. The lowest BCUT2D eigenvalue weighted by molar-refractivity contribution is 1.12. The molecule has 0 saturated carbocycles. The normalized spacial score (nSPS) is 11.2. The summed E-state index contributed by atoms with van der Waals surface area (Å²) in [5.41, 5.74) is 3.67. The van der Waals surface area contributed by atoms with Crippen LogP contribution in [0.4, 0.5) is 0 Å². The van der Waals surface area contributed by atoms with Crippen LogP contribution >= 0.6 is 0 Å². The summed E-state index contributed by atoms with van der Waals surface area (Å²) in [6.07, 6.45) is 1.94. The highest BCUT2D eigenvalue weighted by molar-refractivity contribution is 5.84. The van der Waals surface area contributed by atoms with Gasteiger partial charge in [-0.1, -0.05) is 12.1 Å². The Labute approximate surface area is 98.4 Å². The average Bonchev–Trinajstić information content (AvgIpc) is 2.29. The Morgan fingerprint density at radius 3 is 2.82 bits per heavy atom. The fourth-order valence-electron chi connectivity index (χ4n) is 2.32. The van der Waals surface area contributed by atoms with Crippen molar-refractivity contribution >= 4 is 16.6 Å². The van der Waals surface area contributed by atoms with Gasteiger partial charge < -0.3 is 4.40 Å². The maximum atomic E-state index is 12.0. The fourth-order valence-corrected chi connectivity index (χ4v) is 2.32. The molecular weight excluding hydrogens is 212 g/mol. The maximum Gasteiger partial charge on any atom is 0.281 e. The van der Waals surface area contributed by atoms with Crippen LogP contribution in [0.3, 0.4) is 0 Å². The highest BCUT2D eigenvalue weighted by Gasteiger charge is 2.07. The van der Waals surface area contributed by atoms with Gasteiger partial charge in [-0.15, -0.1) is 0 Å². The second kappa shape index (κ2) is 3.42. The van der Waals surface area contributed by atoms with Crippen molar-refractivity contribution in [3.8, 4) is 0 Å². The number of nitrogens with zero attached hydrogens (tertiary/aromatic N) is 2. The summed E-state index contributed by atoms with van der Waals surface area (Å²) in [6, 6.07) is 9.66. The van der Waals surface area contributed by atoms with Crippen LogP contribution in [-0.2, 0) is 0 Å². The molecule has 3 rings (SSSR count). The van der Waals surface area contributed by atoms with E-state index in [4.69, 9.17) is 0 Å². The summed E-state index contributed by atoms with van der Waals surface area (Å²) in [5.74, 6) is 0. The van der Waals surface area contributed by atoms with E-state index in [1.807, 2.05) is 48.7 Å². The molecule has 0 amide bonds. The van der Waals surface area contributed by atoms with Gasteiger partial charge in [0.1, 0.15) is 5.65 Å². The van der Waals surface area contributed by atoms with Crippen LogP contribution in [0.5, 0.6) is 0 Å². The summed E-state index contributed by atoms with van der Waals surface area (Å²) >= 11 is 0. The van der Waals surface area contributed by atoms with Crippen LogP contribution in [0.15, 0.2) is 41.3 Å². The van der Waals surface area contributed by atoms with Gasteiger partial charge in [-0.3, -0.25) is 4.79 Å². The first-order chi connectivity index (χ1) is 8.16. The lowest BCUT2D eigenvalue weighted by atomic mass is 10.1. The third-order valence-electron chi connectivity index (χ3n) is 2.97. The number of rotatable bonds is 0. The summed E-state index contributed by atoms with van der Waals surface area (Å²) < 4.78 is 1.96. The van der Waals surface area contributed by atoms with Crippen molar-refractivity contribution in [1.29, 1.82) is 0 Å². The van der Waals surface area contributed by atoms with Crippen LogP contribution < -0.4 is 5.56 Å². The number of hydrogen-bond acceptors (Lipinski definition) is 2. The largest absolute Gasteiger partial charge is 0.301 e. The molecule has 17 heavy (non-hydrogen) atoms. The number of benzene rings is 1. The van der Waals surface area contributed by atoms with Gasteiger partial charge in [0.2, 0.25) is 0 Å². The number of hydrogen-bond donors (Lipinski definition) is 0. The quantitative estimate of drug-likeness (QED) is 0.550. The molecule has 0 aliphatic carbocycles. The summed E-state index contributed by atoms with van der Waals surface area (Å²) in [4.78, 5) is 16.1. The van der Waals surface area contributed by atoms with Gasteiger partial charge >= 0.3 is 0 Å². The minimum Gasteiger partial charge on any atom is -0.301 e. The minimum absolute atomic E-state index is 0.155. The van der Waals surface area contributed by atoms with E-state index in [0.717, 1.165) is 16.6 Å². The molecule has 0 aliphatic heterocycles. The Balaban J connectivity index is 2.70. The topological polar surface area (TPSA) is 34.4 Å². The molecule has 3 heteroatoms. The van der Waals surface area contributed by atoms with Crippen molar-refractivity contribution in [1.82, 2.24) is 9.38 Å². The van der Waals surface area contributed by atoms with Gasteiger partial charge in [-0.05, 0) is 43.2 Å². The van der Waals surface area contributed by atoms with Gasteiger partial charge in [0.25, 0.3) is 5.56 Å². The number of pyridine rings is 1. The van der Waals surface area contributed by atoms with E-state index >= 15 is 0 Å². The molecule has 0 bridgehead atoms. The molecule has 0 saturated heterocycles. The zero-order valence-corrected chi connectivity index (χ0v) is 9.77. The molecule has 2 heterocycles. The molecule has 0 spiro atoms. The predicted molar refractivity (Wildman–Crippen MR) is 68.4 cm³/mol. The summed E-state index contributed by atoms with van der Waals surface area (Å²) in [7, 11) is 0. The number of aromatic nitrogens is 2. The van der Waals surface area contributed by atoms with E-state index in [2.05, 4.69) is 11.1 Å². The van der Waals surface area contributed by atoms with Gasteiger partial charge in [-0.25, -0.2) is 0 Å². The Morgan fingerprint density at radius 1 is 1.18 bits per heavy atom. The lowest BCUT2D eigenvalue weighted by Gasteiger charge is -2.08. The molecule has 2 aromatic heterocycles. The van der Waals surface area contributed by atoms with Gasteiger partial charge in [0.05, 0.1) is 10.9 Å². The molecule has 0 fully saturated rings. The molecule has 3 nitrogen and oxygen atoms in total. The van der Waals surface area contributed by atoms with Crippen molar-refractivity contribution < 1.29 is 0 Å². The fraction of sp³-hybridized carbons (Fsp3) is 0.143. The van der Waals surface area contributed by atoms with Crippen molar-refractivity contribution in [2.75, 3.05) is 0 Å². The molecule has 3 aromatic rings. The van der Waals surface area contributed by atoms with Crippen LogP contribution in [0.1, 0.15) is 11.1 Å². The Hall–Kier alpha value is -2.16. The SMILES string of the molecule is Cc1cc(C)c2c(c1)c(=O)nc1ccccn12. The van der Waals surface area contributed by atoms with Crippen LogP contribution in [0, 0.1) is 13.8 Å². The Morgan fingerprint density at radius 2 is 2.00 bits per heavy atom. The van der Waals surface area contributed by atoms with Crippen molar-refractivity contribution in [3.05, 3.63) is 58.0 Å². The predicted octanol–water partition coefficient (Wildman–Crippen LogP) is 2.46. The highest BCUT2D eigenvalue weighted by Crippen LogP contribution is 2.18. The standard InChI is InChI=1S/C14H12N2O/c1-9-7-10(2)13-11(8-9)14(17)15-12-5-3-4-6-16(12)13/h3-8H,1-2H3. The molecule has 0 N–H and O–H groups in total. The Kier molecular flexibility index (Phi) is 2.01. The molecule has 0 unspecified atom stereocenters. The zero-order chi connectivity index (χ0) is 12.0. The molecule has 1 aromatic carbocycles. The van der Waals surface area contributed by atoms with Crippen LogP contribution in [0.25, 0.3) is 16.6 Å². The second-order valence-electron chi connectivity index (χ2n) is 4.32. The van der Waals surface area contributed by atoms with Crippen molar-refractivity contribution in [3.63, 3.8) is 0 Å². The molecular formula is C14H12N2O. The second-order valence-corrected chi connectivity index (χ2v) is 4.32. The zero-order valence-electron chi connectivity index (χ0n) is 9.77. The van der Waals surface area contributed by atoms with E-state index in [1.54, 1.807) is 0 Å². The van der Waals surface area contributed by atoms with Gasteiger partial charge in [-0.2, -0.15) is 4.98 Å². The van der Waals surface area contributed by atoms with Crippen molar-refractivity contribution in [2.45, 2.75) is 13.8 Å². The molecule has 0 aliphatic rings. The number of fused-ring (bicyclic) bond motifs is 3. The van der Waals surface area contributed by atoms with Gasteiger partial charge in [0.15, 0.2) is 0 Å². The van der Waals surface area contributed by atoms with E-state index in [9.17, 15) is 4.79 Å². The highest BCUT2D eigenvalue weighted by atomic mass is 16.1. The average molecular weight is 224 g/mol. The molecule has 0 radical (unpaired) electrons. The van der Waals surface area contributed by atoms with E-state index in [0.29, 0.717) is 11.0 Å². The molecule has 0 atom stereocenters. The summed E-state index contributed by atoms with van der Waals surface area (Å²) in [6.45, 7) is 4.01. The Bertz CT molecular complexity index is 787. The monoisotopic (exact) mass is 224 g/mol. The lowest BCUT2D eigenvalue weighted by Crippen LogP contribution is -2.11. The third kappa shape index (κ3) is 1.43. The first kappa shape index (κ1) is 10.0. The smallest absolute Gasteiger partial charge is 0.281 e. The third-order valence-corrected chi connectivity index (χ3v) is 2.97. The van der Waals surface area contributed by atoms with Crippen LogP contribution in [0.2, 0.25) is 0 Å². The molecule has 84 valence electrons. The number of aryl methyl sites for hydroxylation is 2. The van der Waals surface area contributed by atoms with Gasteiger partial charge in [0, 0.05) is 6.20 Å². The van der Waals surface area contributed by atoms with E-state index in [-0.39, 0.29) is 5.56 Å².